The van der Waals surface area contributed by atoms with Gasteiger partial charge in [-0.15, -0.1) is 0 Å². The molecule has 0 aromatic rings. The lowest BCUT2D eigenvalue weighted by Gasteiger charge is -2.03. The van der Waals surface area contributed by atoms with Crippen LogP contribution in [0.1, 0.15) is 72.1 Å². The topological polar surface area (TPSA) is 26.3 Å². The summed E-state index contributed by atoms with van der Waals surface area (Å²) in [4.78, 5) is 11.5. The van der Waals surface area contributed by atoms with Gasteiger partial charge in [-0.3, -0.25) is 0 Å². The molecule has 0 aromatic heterocycles. The lowest BCUT2D eigenvalue weighted by molar-refractivity contribution is -0.137. The molecule has 0 N–H and O–H groups in total. The second-order valence-electron chi connectivity index (χ2n) is 4.83. The van der Waals surface area contributed by atoms with Gasteiger partial charge >= 0.3 is 5.97 Å². The summed E-state index contributed by atoms with van der Waals surface area (Å²) < 4.78 is 4.98. The van der Waals surface area contributed by atoms with Crippen molar-refractivity contribution in [2.75, 3.05) is 6.61 Å². The second-order valence-corrected chi connectivity index (χ2v) is 4.83. The molecule has 0 heterocycles. The first-order valence-corrected chi connectivity index (χ1v) is 7.78. The number of carbonyl (C=O) groups excluding carboxylic acids is 1. The van der Waals surface area contributed by atoms with Gasteiger partial charge in [0.05, 0.1) is 6.61 Å². The zero-order valence-electron chi connectivity index (χ0n) is 12.9. The Kier molecular flexibility index (Phi) is 12.6. The molecular weight excluding hydrogens is 236 g/mol. The summed E-state index contributed by atoms with van der Waals surface area (Å²) in [6.07, 6.45) is 15.3. The highest BCUT2D eigenvalue weighted by Gasteiger charge is 2.00. The van der Waals surface area contributed by atoms with Crippen LogP contribution in [0, 0.1) is 0 Å². The van der Waals surface area contributed by atoms with E-state index in [9.17, 15) is 4.79 Å². The largest absolute Gasteiger partial charge is 0.463 e. The molecule has 0 spiro atoms. The number of esters is 1. The van der Waals surface area contributed by atoms with E-state index in [1.54, 1.807) is 6.08 Å². The van der Waals surface area contributed by atoms with Gasteiger partial charge in [0.1, 0.15) is 0 Å². The van der Waals surface area contributed by atoms with Crippen molar-refractivity contribution in [1.82, 2.24) is 0 Å². The van der Waals surface area contributed by atoms with Gasteiger partial charge in [-0.25, -0.2) is 4.79 Å². The molecule has 0 saturated heterocycles. The fraction of sp³-hybridized carbons (Fsp3) is 0.706. The summed E-state index contributed by atoms with van der Waals surface area (Å²) in [6.45, 7) is 6.68. The molecule has 0 atom stereocenters. The van der Waals surface area contributed by atoms with Crippen LogP contribution >= 0.6 is 0 Å². The third-order valence-electron chi connectivity index (χ3n) is 2.97. The van der Waals surface area contributed by atoms with E-state index < -0.39 is 0 Å². The van der Waals surface area contributed by atoms with Crippen LogP contribution in [0.25, 0.3) is 0 Å². The second kappa shape index (κ2) is 13.4. The van der Waals surface area contributed by atoms with E-state index in [0.717, 1.165) is 24.8 Å². The van der Waals surface area contributed by atoms with Gasteiger partial charge in [0.2, 0.25) is 0 Å². The maximum Gasteiger partial charge on any atom is 0.331 e. The minimum atomic E-state index is -0.215. The molecule has 0 unspecified atom stereocenters. The monoisotopic (exact) mass is 266 g/mol. The first-order chi connectivity index (χ1) is 9.24. The summed E-state index contributed by atoms with van der Waals surface area (Å²) in [5.74, 6) is -0.215. The number of hydrogen-bond acceptors (Lipinski definition) is 2. The molecule has 0 amide bonds. The van der Waals surface area contributed by atoms with Crippen molar-refractivity contribution in [1.29, 1.82) is 0 Å². The standard InChI is InChI=1S/C17H30O2/c1-4-7-9-11-13-16(14-12-10-8-5-2)15-17(18)19-6-3/h11,13,15H,4-10,12,14H2,1-3H3. The molecule has 2 nitrogen and oxygen atoms in total. The smallest absolute Gasteiger partial charge is 0.331 e. The molecule has 0 aliphatic heterocycles. The van der Waals surface area contributed by atoms with E-state index in [0.29, 0.717) is 6.61 Å². The molecule has 110 valence electrons. The Morgan fingerprint density at radius 1 is 1.00 bits per heavy atom. The van der Waals surface area contributed by atoms with Crippen LogP contribution in [0.4, 0.5) is 0 Å². The van der Waals surface area contributed by atoms with Crippen molar-refractivity contribution < 1.29 is 9.53 Å². The van der Waals surface area contributed by atoms with E-state index in [4.69, 9.17) is 4.74 Å². The molecule has 0 fully saturated rings. The fourth-order valence-electron chi connectivity index (χ4n) is 1.85. The van der Waals surface area contributed by atoms with Crippen molar-refractivity contribution in [2.45, 2.75) is 72.1 Å². The molecule has 0 aliphatic rings. The number of allylic oxidation sites excluding steroid dienone is 3. The van der Waals surface area contributed by atoms with Crippen molar-refractivity contribution in [3.63, 3.8) is 0 Å². The average molecular weight is 266 g/mol. The SMILES string of the molecule is CCCCC=CC(=CC(=O)OCC)CCCCCC. The summed E-state index contributed by atoms with van der Waals surface area (Å²) >= 11 is 0. The average Bonchev–Trinajstić information content (AvgIpc) is 2.39. The first-order valence-electron chi connectivity index (χ1n) is 7.78. The Bertz CT molecular complexity index is 277. The van der Waals surface area contributed by atoms with E-state index in [2.05, 4.69) is 26.0 Å². The van der Waals surface area contributed by atoms with Gasteiger partial charge in [-0.05, 0) is 31.8 Å². The molecule has 0 aliphatic carbocycles. The zero-order chi connectivity index (χ0) is 14.3. The maximum atomic E-state index is 11.5. The number of rotatable bonds is 11. The molecular formula is C17H30O2. The first kappa shape index (κ1) is 17.9. The fourth-order valence-corrected chi connectivity index (χ4v) is 1.85. The van der Waals surface area contributed by atoms with Gasteiger partial charge in [0.15, 0.2) is 0 Å². The Morgan fingerprint density at radius 3 is 2.37 bits per heavy atom. The van der Waals surface area contributed by atoms with E-state index in [1.165, 1.54) is 32.1 Å². The molecule has 0 radical (unpaired) electrons. The van der Waals surface area contributed by atoms with Gasteiger partial charge in [-0.1, -0.05) is 58.1 Å². The third kappa shape index (κ3) is 11.8. The summed E-state index contributed by atoms with van der Waals surface area (Å²) in [5, 5.41) is 0. The predicted octanol–water partition coefficient (Wildman–Crippen LogP) is 5.19. The van der Waals surface area contributed by atoms with E-state index in [-0.39, 0.29) is 5.97 Å². The van der Waals surface area contributed by atoms with Crippen LogP contribution in [0.2, 0.25) is 0 Å². The highest BCUT2D eigenvalue weighted by Crippen LogP contribution is 2.12. The highest BCUT2D eigenvalue weighted by molar-refractivity contribution is 5.83. The van der Waals surface area contributed by atoms with Crippen LogP contribution in [0.3, 0.4) is 0 Å². The Labute approximate surface area is 118 Å². The summed E-state index contributed by atoms with van der Waals surface area (Å²) in [6, 6.07) is 0. The van der Waals surface area contributed by atoms with Crippen molar-refractivity contribution in [3.05, 3.63) is 23.8 Å². The molecule has 19 heavy (non-hydrogen) atoms. The predicted molar refractivity (Wildman–Crippen MR) is 82.1 cm³/mol. The molecule has 2 heteroatoms. The minimum absolute atomic E-state index is 0.215. The van der Waals surface area contributed by atoms with E-state index in [1.807, 2.05) is 6.92 Å². The van der Waals surface area contributed by atoms with Gasteiger partial charge in [0.25, 0.3) is 0 Å². The van der Waals surface area contributed by atoms with Crippen LogP contribution in [-0.4, -0.2) is 12.6 Å². The quantitative estimate of drug-likeness (QED) is 0.222. The van der Waals surface area contributed by atoms with Crippen molar-refractivity contribution in [3.8, 4) is 0 Å². The molecule has 0 aromatic carbocycles. The Balaban J connectivity index is 4.28. The molecule has 0 rings (SSSR count). The van der Waals surface area contributed by atoms with Crippen LogP contribution in [-0.2, 0) is 9.53 Å². The lowest BCUT2D eigenvalue weighted by atomic mass is 10.0. The van der Waals surface area contributed by atoms with Crippen LogP contribution in [0.15, 0.2) is 23.8 Å². The third-order valence-corrected chi connectivity index (χ3v) is 2.97. The van der Waals surface area contributed by atoms with Crippen molar-refractivity contribution in [2.24, 2.45) is 0 Å². The summed E-state index contributed by atoms with van der Waals surface area (Å²) in [7, 11) is 0. The Hall–Kier alpha value is -1.05. The van der Waals surface area contributed by atoms with Crippen LogP contribution in [0.5, 0.6) is 0 Å². The van der Waals surface area contributed by atoms with Crippen LogP contribution < -0.4 is 0 Å². The number of carbonyl (C=O) groups is 1. The normalized spacial score (nSPS) is 12.1. The molecule has 0 bridgehead atoms. The molecule has 0 saturated carbocycles. The van der Waals surface area contributed by atoms with E-state index >= 15 is 0 Å². The van der Waals surface area contributed by atoms with Crippen molar-refractivity contribution >= 4 is 5.97 Å². The van der Waals surface area contributed by atoms with Gasteiger partial charge in [0, 0.05) is 6.08 Å². The van der Waals surface area contributed by atoms with Gasteiger partial charge in [-0.2, -0.15) is 0 Å². The lowest BCUT2D eigenvalue weighted by Crippen LogP contribution is -2.00. The maximum absolute atomic E-state index is 11.5. The Morgan fingerprint density at radius 2 is 1.74 bits per heavy atom. The highest BCUT2D eigenvalue weighted by atomic mass is 16.5. The number of unbranched alkanes of at least 4 members (excludes halogenated alkanes) is 5. The number of ether oxygens (including phenoxy) is 1. The van der Waals surface area contributed by atoms with Gasteiger partial charge < -0.3 is 4.74 Å². The summed E-state index contributed by atoms with van der Waals surface area (Å²) in [5.41, 5.74) is 1.10. The minimum Gasteiger partial charge on any atom is -0.463 e. The zero-order valence-corrected chi connectivity index (χ0v) is 12.9. The number of hydrogen-bond donors (Lipinski definition) is 0.